The van der Waals surface area contributed by atoms with Crippen LogP contribution in [0.1, 0.15) is 97.9 Å². The molecule has 3 aromatic carbocycles. The van der Waals surface area contributed by atoms with E-state index in [4.69, 9.17) is 9.47 Å². The summed E-state index contributed by atoms with van der Waals surface area (Å²) in [5.41, 5.74) is 0.0772. The molecule has 3 N–H and O–H groups in total. The van der Waals surface area contributed by atoms with Crippen LogP contribution in [0.25, 0.3) is 0 Å². The molecule has 282 valence electrons. The van der Waals surface area contributed by atoms with E-state index in [0.717, 1.165) is 17.5 Å². The van der Waals surface area contributed by atoms with Gasteiger partial charge in [0.25, 0.3) is 0 Å². The summed E-state index contributed by atoms with van der Waals surface area (Å²) in [5.74, 6) is -1.78. The highest BCUT2D eigenvalue weighted by Crippen LogP contribution is 2.33. The van der Waals surface area contributed by atoms with Crippen molar-refractivity contribution in [3.05, 3.63) is 102 Å². The lowest BCUT2D eigenvalue weighted by molar-refractivity contribution is -0.159. The van der Waals surface area contributed by atoms with Crippen molar-refractivity contribution in [2.45, 2.75) is 123 Å². The highest BCUT2D eigenvalue weighted by atomic mass is 16.6. The van der Waals surface area contributed by atoms with Gasteiger partial charge in [0, 0.05) is 24.4 Å². The van der Waals surface area contributed by atoms with Gasteiger partial charge < -0.3 is 30.1 Å². The Morgan fingerprint density at radius 3 is 1.67 bits per heavy atom. The minimum absolute atomic E-state index is 0.107. The van der Waals surface area contributed by atoms with E-state index in [0.29, 0.717) is 12.3 Å². The van der Waals surface area contributed by atoms with E-state index < -0.39 is 59.2 Å². The van der Waals surface area contributed by atoms with Gasteiger partial charge in [-0.15, -0.1) is 0 Å². The summed E-state index contributed by atoms with van der Waals surface area (Å²) in [4.78, 5) is 58.2. The number of hydrogen-bond donors (Lipinski definition) is 3. The predicted molar refractivity (Wildman–Crippen MR) is 202 cm³/mol. The summed E-state index contributed by atoms with van der Waals surface area (Å²) in [6.07, 6.45) is 0.703. The zero-order chi connectivity index (χ0) is 38.6. The van der Waals surface area contributed by atoms with Crippen LogP contribution in [0.15, 0.2) is 84.9 Å². The fourth-order valence-electron chi connectivity index (χ4n) is 5.79. The summed E-state index contributed by atoms with van der Waals surface area (Å²) in [5, 5.41) is 16.9. The number of alkyl carbamates (subject to hydrolysis) is 1. The molecule has 3 amide bonds. The van der Waals surface area contributed by atoms with Crippen molar-refractivity contribution in [3.63, 3.8) is 0 Å². The van der Waals surface area contributed by atoms with Crippen molar-refractivity contribution >= 4 is 23.9 Å². The van der Waals surface area contributed by atoms with Crippen molar-refractivity contribution in [1.82, 2.24) is 15.5 Å². The molecule has 10 nitrogen and oxygen atoms in total. The first-order valence-electron chi connectivity index (χ1n) is 18.0. The first kappa shape index (κ1) is 41.6. The Labute approximate surface area is 309 Å². The lowest BCUT2D eigenvalue weighted by Crippen LogP contribution is -2.57. The van der Waals surface area contributed by atoms with Crippen LogP contribution < -0.4 is 10.6 Å². The molecule has 0 radical (unpaired) electrons. The molecular formula is C42H57N3O7. The summed E-state index contributed by atoms with van der Waals surface area (Å²) in [6, 6.07) is 20.6. The monoisotopic (exact) mass is 715 g/mol. The Hall–Kier alpha value is -4.86. The van der Waals surface area contributed by atoms with Gasteiger partial charge in [0.2, 0.25) is 11.8 Å². The van der Waals surface area contributed by atoms with Gasteiger partial charge >= 0.3 is 12.1 Å². The standard InChI is InChI=1S/C42H57N3O7/c1-28(2)24-25-29(3)45(38(48)33(26-30-18-12-10-13-19-30)44-40(50)52-42(7,8)9)36(32-22-16-17-23-35(32)46)37(47)43-34(39(49)51-41(4,5)6)27-31-20-14-11-15-21-31/h10-23,28-29,33-34,36,46H,24-27H2,1-9H3,(H,43,47)(H,44,50). The third kappa shape index (κ3) is 13.4. The molecule has 0 saturated carbocycles. The molecule has 4 unspecified atom stereocenters. The third-order valence-corrected chi connectivity index (χ3v) is 8.21. The Balaban J connectivity index is 2.18. The fraction of sp³-hybridized carbons (Fsp3) is 0.476. The van der Waals surface area contributed by atoms with Crippen molar-refractivity contribution in [1.29, 1.82) is 0 Å². The second-order valence-electron chi connectivity index (χ2n) is 15.7. The third-order valence-electron chi connectivity index (χ3n) is 8.21. The number of ether oxygens (including phenoxy) is 2. The zero-order valence-corrected chi connectivity index (χ0v) is 32.1. The Morgan fingerprint density at radius 1 is 0.673 bits per heavy atom. The molecule has 0 aliphatic carbocycles. The molecule has 4 atom stereocenters. The van der Waals surface area contributed by atoms with Crippen LogP contribution in [0.3, 0.4) is 0 Å². The Bertz CT molecular complexity index is 1610. The minimum atomic E-state index is -1.39. The molecule has 0 bridgehead atoms. The van der Waals surface area contributed by atoms with Crippen molar-refractivity contribution < 1.29 is 33.8 Å². The molecule has 10 heteroatoms. The van der Waals surface area contributed by atoms with Crippen molar-refractivity contribution in [2.24, 2.45) is 5.92 Å². The fourth-order valence-corrected chi connectivity index (χ4v) is 5.79. The lowest BCUT2D eigenvalue weighted by Gasteiger charge is -2.39. The van der Waals surface area contributed by atoms with Crippen LogP contribution in [-0.4, -0.2) is 63.2 Å². The largest absolute Gasteiger partial charge is 0.508 e. The number of amides is 3. The maximum atomic E-state index is 15.1. The molecule has 52 heavy (non-hydrogen) atoms. The molecule has 0 heterocycles. The molecule has 0 aromatic heterocycles. The number of phenols is 1. The molecule has 0 aliphatic rings. The summed E-state index contributed by atoms with van der Waals surface area (Å²) >= 11 is 0. The van der Waals surface area contributed by atoms with E-state index in [-0.39, 0.29) is 24.2 Å². The number of esters is 1. The highest BCUT2D eigenvalue weighted by Gasteiger charge is 2.41. The van der Waals surface area contributed by atoms with Gasteiger partial charge in [-0.1, -0.05) is 92.7 Å². The van der Waals surface area contributed by atoms with Gasteiger partial charge in [-0.3, -0.25) is 9.59 Å². The van der Waals surface area contributed by atoms with E-state index in [2.05, 4.69) is 24.5 Å². The highest BCUT2D eigenvalue weighted by molar-refractivity contribution is 5.94. The van der Waals surface area contributed by atoms with Crippen LogP contribution >= 0.6 is 0 Å². The van der Waals surface area contributed by atoms with Gasteiger partial charge in [0.05, 0.1) is 0 Å². The van der Waals surface area contributed by atoms with Crippen molar-refractivity contribution in [3.8, 4) is 5.75 Å². The first-order chi connectivity index (χ1) is 24.3. The molecule has 3 aromatic rings. The Kier molecular flexibility index (Phi) is 14.8. The van der Waals surface area contributed by atoms with Crippen LogP contribution in [0.5, 0.6) is 5.75 Å². The summed E-state index contributed by atoms with van der Waals surface area (Å²) in [7, 11) is 0. The average Bonchev–Trinajstić information content (AvgIpc) is 3.05. The number of benzene rings is 3. The second kappa shape index (κ2) is 18.6. The van der Waals surface area contributed by atoms with Gasteiger partial charge in [-0.25, -0.2) is 9.59 Å². The number of nitrogens with zero attached hydrogens (tertiary/aromatic N) is 1. The predicted octanol–water partition coefficient (Wildman–Crippen LogP) is 7.29. The van der Waals surface area contributed by atoms with E-state index in [1.165, 1.54) is 11.0 Å². The average molecular weight is 716 g/mol. The van der Waals surface area contributed by atoms with E-state index in [9.17, 15) is 19.5 Å². The normalized spacial score (nSPS) is 14.0. The number of carbonyl (C=O) groups is 4. The SMILES string of the molecule is CC(C)CCC(C)N(C(=O)C(Cc1ccccc1)NC(=O)OC(C)(C)C)C(C(=O)NC(Cc1ccccc1)C(=O)OC(C)(C)C)c1ccccc1O. The maximum absolute atomic E-state index is 15.1. The number of carbonyl (C=O) groups excluding carboxylic acids is 4. The van der Waals surface area contributed by atoms with Crippen LogP contribution in [-0.2, 0) is 36.7 Å². The van der Waals surface area contributed by atoms with Crippen LogP contribution in [0.4, 0.5) is 4.79 Å². The lowest BCUT2D eigenvalue weighted by atomic mass is 9.95. The van der Waals surface area contributed by atoms with Gasteiger partial charge in [0.1, 0.15) is 35.1 Å². The number of hydrogen-bond acceptors (Lipinski definition) is 7. The van der Waals surface area contributed by atoms with Gasteiger partial charge in [0.15, 0.2) is 0 Å². The molecule has 0 aliphatic heterocycles. The van der Waals surface area contributed by atoms with Crippen molar-refractivity contribution in [2.75, 3.05) is 0 Å². The molecule has 0 fully saturated rings. The van der Waals surface area contributed by atoms with Gasteiger partial charge in [-0.05, 0) is 84.4 Å². The first-order valence-corrected chi connectivity index (χ1v) is 18.0. The van der Waals surface area contributed by atoms with E-state index in [1.807, 2.05) is 67.6 Å². The number of rotatable bonds is 15. The summed E-state index contributed by atoms with van der Waals surface area (Å²) < 4.78 is 11.3. The molecule has 3 rings (SSSR count). The number of nitrogens with one attached hydrogen (secondary N) is 2. The summed E-state index contributed by atoms with van der Waals surface area (Å²) in [6.45, 7) is 16.4. The van der Waals surface area contributed by atoms with E-state index >= 15 is 4.79 Å². The van der Waals surface area contributed by atoms with E-state index in [1.54, 1.807) is 59.7 Å². The van der Waals surface area contributed by atoms with Gasteiger partial charge in [-0.2, -0.15) is 0 Å². The molecule has 0 spiro atoms. The number of phenolic OH excluding ortho intramolecular Hbond substituents is 1. The zero-order valence-electron chi connectivity index (χ0n) is 32.1. The topological polar surface area (TPSA) is 134 Å². The minimum Gasteiger partial charge on any atom is -0.508 e. The number of para-hydroxylation sites is 1. The number of aromatic hydroxyl groups is 1. The second-order valence-corrected chi connectivity index (χ2v) is 15.7. The molecule has 0 saturated heterocycles. The van der Waals surface area contributed by atoms with Crippen LogP contribution in [0.2, 0.25) is 0 Å². The molecular weight excluding hydrogens is 658 g/mol. The maximum Gasteiger partial charge on any atom is 0.408 e. The quantitative estimate of drug-likeness (QED) is 0.141. The smallest absolute Gasteiger partial charge is 0.408 e. The van der Waals surface area contributed by atoms with Crippen LogP contribution in [0, 0.1) is 5.92 Å². The Morgan fingerprint density at radius 2 is 1.17 bits per heavy atom.